The third kappa shape index (κ3) is 4.23. The highest BCUT2D eigenvalue weighted by Crippen LogP contribution is 2.56. The van der Waals surface area contributed by atoms with Crippen LogP contribution in [-0.4, -0.2) is 70.6 Å². The van der Waals surface area contributed by atoms with Crippen molar-refractivity contribution in [2.45, 2.75) is 21.5 Å². The Morgan fingerprint density at radius 2 is 0.682 bits per heavy atom. The molecule has 3 aliphatic heterocycles. The lowest BCUT2D eigenvalue weighted by molar-refractivity contribution is -0.318. The van der Waals surface area contributed by atoms with Crippen LogP contribution < -0.4 is 0 Å². The van der Waals surface area contributed by atoms with Gasteiger partial charge in [0.25, 0.3) is 0 Å². The maximum Gasteiger partial charge on any atom is 0.389 e. The molecule has 3 rings (SSSR count). The summed E-state index contributed by atoms with van der Waals surface area (Å²) in [6, 6.07) is 0. The van der Waals surface area contributed by atoms with Gasteiger partial charge >= 0.3 is 21.5 Å². The number of hydrogen-bond acceptors (Lipinski definition) is 2. The van der Waals surface area contributed by atoms with E-state index >= 15 is 0 Å². The summed E-state index contributed by atoms with van der Waals surface area (Å²) in [6.45, 7) is 7.92. The molecule has 0 unspecified atom stereocenters. The van der Waals surface area contributed by atoms with Crippen molar-refractivity contribution in [2.75, 3.05) is 39.3 Å². The van der Waals surface area contributed by atoms with Crippen molar-refractivity contribution >= 4 is 31.9 Å². The first-order valence-corrected chi connectivity index (χ1v) is 7.62. The molecule has 0 amide bonds. The van der Waals surface area contributed by atoms with Crippen molar-refractivity contribution in [3.63, 3.8) is 0 Å². The van der Waals surface area contributed by atoms with Gasteiger partial charge in [0.05, 0.1) is 0 Å². The maximum absolute atomic E-state index is 12.1. The number of piperazine rings is 3. The van der Waals surface area contributed by atoms with Crippen LogP contribution in [0, 0.1) is 0 Å². The van der Waals surface area contributed by atoms with Gasteiger partial charge in [-0.3, -0.25) is 9.80 Å². The number of fused-ring (bicyclic) bond motifs is 3. The molecule has 0 aliphatic carbocycles. The van der Waals surface area contributed by atoms with Crippen molar-refractivity contribution in [1.29, 1.82) is 0 Å². The van der Waals surface area contributed by atoms with Gasteiger partial charge in [0.15, 0.2) is 0 Å². The minimum Gasteiger partial charge on any atom is -0.300 e. The summed E-state index contributed by atoms with van der Waals surface area (Å²) >= 11 is 1.82. The monoisotopic (exact) mass is 470 g/mol. The van der Waals surface area contributed by atoms with Crippen LogP contribution >= 0.6 is 31.9 Å². The molecule has 0 N–H and O–H groups in total. The summed E-state index contributed by atoms with van der Waals surface area (Å²) in [5, 5.41) is 0. The molecule has 0 aromatic rings. The van der Waals surface area contributed by atoms with Gasteiger partial charge < -0.3 is 0 Å². The minimum absolute atomic E-state index is 0.911. The molecule has 2 bridgehead atoms. The summed E-state index contributed by atoms with van der Waals surface area (Å²) < 4.78 is 96.0. The third-order valence-electron chi connectivity index (χ3n) is 3.30. The van der Waals surface area contributed by atoms with Crippen LogP contribution in [0.1, 0.15) is 0 Å². The summed E-state index contributed by atoms with van der Waals surface area (Å²) in [5.74, 6) is -12.5. The maximum atomic E-state index is 12.1. The average Bonchev–Trinajstić information content (AvgIpc) is 2.39. The highest BCUT2D eigenvalue weighted by molar-refractivity contribution is 9.10. The lowest BCUT2D eigenvalue weighted by atomic mass is 10.2. The van der Waals surface area contributed by atoms with E-state index in [1.807, 2.05) is 0 Å². The van der Waals surface area contributed by atoms with Crippen LogP contribution in [0.25, 0.3) is 0 Å². The Bertz CT molecular complexity index is 327. The topological polar surface area (TPSA) is 6.48 Å². The van der Waals surface area contributed by atoms with Gasteiger partial charge in [-0.1, -0.05) is 0 Å². The molecule has 0 atom stereocenters. The second-order valence-electron chi connectivity index (χ2n) is 4.83. The van der Waals surface area contributed by atoms with Crippen LogP contribution in [0.15, 0.2) is 0 Å². The fourth-order valence-electron chi connectivity index (χ4n) is 1.88. The summed E-state index contributed by atoms with van der Waals surface area (Å²) in [4.78, 5) is -5.80. The van der Waals surface area contributed by atoms with E-state index in [1.165, 1.54) is 39.3 Å². The van der Waals surface area contributed by atoms with Gasteiger partial charge in [0, 0.05) is 39.3 Å². The molecular formula is C10H12Br2F8N2. The van der Waals surface area contributed by atoms with Gasteiger partial charge in [-0.05, 0) is 31.9 Å². The van der Waals surface area contributed by atoms with E-state index in [0.717, 1.165) is 31.9 Å². The third-order valence-corrected chi connectivity index (χ3v) is 4.30. The van der Waals surface area contributed by atoms with E-state index in [9.17, 15) is 35.1 Å². The number of nitrogens with zero attached hydrogens (tertiary/aromatic N) is 2. The number of hydrogen-bond donors (Lipinski definition) is 0. The predicted octanol–water partition coefficient (Wildman–Crippen LogP) is 3.85. The van der Waals surface area contributed by atoms with E-state index in [2.05, 4.69) is 9.80 Å². The lowest BCUT2D eigenvalue weighted by Gasteiger charge is -2.41. The molecule has 0 aromatic carbocycles. The molecular weight excluding hydrogens is 460 g/mol. The molecule has 0 radical (unpaired) electrons. The zero-order valence-electron chi connectivity index (χ0n) is 10.9. The minimum atomic E-state index is -6.23. The standard InChI is InChI=1S/C6H12N2.C4Br2F8/c1-2-8-5-3-7(1)4-6-8;5-3(11,12)1(7,8)2(9,10)4(6,13)14/h1-6H2;. The smallest absolute Gasteiger partial charge is 0.300 e. The summed E-state index contributed by atoms with van der Waals surface area (Å²) in [5.41, 5.74) is 0. The fraction of sp³-hybridized carbons (Fsp3) is 1.00. The summed E-state index contributed by atoms with van der Waals surface area (Å²) in [7, 11) is 0. The van der Waals surface area contributed by atoms with Crippen molar-refractivity contribution in [2.24, 2.45) is 0 Å². The Balaban J connectivity index is 0.000000249. The molecule has 0 aromatic heterocycles. The molecule has 0 saturated carbocycles. The van der Waals surface area contributed by atoms with Gasteiger partial charge in [-0.2, -0.15) is 35.1 Å². The van der Waals surface area contributed by atoms with Crippen LogP contribution in [0.5, 0.6) is 0 Å². The van der Waals surface area contributed by atoms with E-state index < -0.39 is 21.5 Å². The highest BCUT2D eigenvalue weighted by Gasteiger charge is 2.79. The van der Waals surface area contributed by atoms with Crippen molar-refractivity contribution < 1.29 is 35.1 Å². The Labute approximate surface area is 138 Å². The van der Waals surface area contributed by atoms with E-state index in [1.54, 1.807) is 0 Å². The zero-order valence-corrected chi connectivity index (χ0v) is 14.1. The van der Waals surface area contributed by atoms with Crippen LogP contribution in [0.2, 0.25) is 0 Å². The molecule has 3 fully saturated rings. The predicted molar refractivity (Wildman–Crippen MR) is 70.5 cm³/mol. The quantitative estimate of drug-likeness (QED) is 0.455. The summed E-state index contributed by atoms with van der Waals surface area (Å²) in [6.07, 6.45) is 0. The van der Waals surface area contributed by atoms with Crippen LogP contribution in [0.4, 0.5) is 35.1 Å². The first-order chi connectivity index (χ1) is 9.70. The second kappa shape index (κ2) is 6.67. The molecule has 0 spiro atoms. The van der Waals surface area contributed by atoms with Crippen LogP contribution in [0.3, 0.4) is 0 Å². The van der Waals surface area contributed by atoms with Gasteiger partial charge in [-0.15, -0.1) is 0 Å². The molecule has 22 heavy (non-hydrogen) atoms. The van der Waals surface area contributed by atoms with Gasteiger partial charge in [0.2, 0.25) is 0 Å². The van der Waals surface area contributed by atoms with Crippen molar-refractivity contribution in [1.82, 2.24) is 9.80 Å². The zero-order chi connectivity index (χ0) is 17.4. The first kappa shape index (κ1) is 20.4. The van der Waals surface area contributed by atoms with E-state index in [4.69, 9.17) is 0 Å². The molecule has 3 heterocycles. The fourth-order valence-corrected chi connectivity index (χ4v) is 2.37. The van der Waals surface area contributed by atoms with Gasteiger partial charge in [-0.25, -0.2) is 0 Å². The lowest BCUT2D eigenvalue weighted by Crippen LogP contribution is -2.58. The molecule has 3 aliphatic rings. The Kier molecular flexibility index (Phi) is 6.18. The Morgan fingerprint density at radius 3 is 0.773 bits per heavy atom. The number of halogens is 10. The SMILES string of the molecule is C1CN2CCN1CC2.FC(F)(Br)C(F)(F)C(F)(F)C(F)(F)Br. The van der Waals surface area contributed by atoms with Crippen molar-refractivity contribution in [3.05, 3.63) is 0 Å². The van der Waals surface area contributed by atoms with Crippen molar-refractivity contribution in [3.8, 4) is 0 Å². The normalized spacial score (nSPS) is 26.5. The number of rotatable bonds is 3. The van der Waals surface area contributed by atoms with E-state index in [-0.39, 0.29) is 0 Å². The molecule has 3 saturated heterocycles. The molecule has 12 heteroatoms. The van der Waals surface area contributed by atoms with Gasteiger partial charge in [0.1, 0.15) is 0 Å². The van der Waals surface area contributed by atoms with E-state index in [0.29, 0.717) is 0 Å². The van der Waals surface area contributed by atoms with Crippen LogP contribution in [-0.2, 0) is 0 Å². The molecule has 2 nitrogen and oxygen atoms in total. The highest BCUT2D eigenvalue weighted by atomic mass is 79.9. The first-order valence-electron chi connectivity index (χ1n) is 6.04. The Hall–Kier alpha value is 0.320. The second-order valence-corrected chi connectivity index (χ2v) is 6.82. The largest absolute Gasteiger partial charge is 0.389 e. The Morgan fingerprint density at radius 1 is 0.500 bits per heavy atom. The number of alkyl halides is 10. The molecule has 132 valence electrons. The average molecular weight is 472 g/mol.